The summed E-state index contributed by atoms with van der Waals surface area (Å²) >= 11 is 1.54. The van der Waals surface area contributed by atoms with Crippen molar-refractivity contribution in [2.24, 2.45) is 0 Å². The molecule has 1 saturated heterocycles. The summed E-state index contributed by atoms with van der Waals surface area (Å²) in [6, 6.07) is 10.7. The van der Waals surface area contributed by atoms with Crippen LogP contribution < -0.4 is 5.48 Å². The summed E-state index contributed by atoms with van der Waals surface area (Å²) in [6.07, 6.45) is 10.7. The number of hydrogen-bond donors (Lipinski definition) is 1. The molecule has 0 unspecified atom stereocenters. The number of piperidine rings is 1. The number of nitrogens with one attached hydrogen (secondary N) is 1. The number of rotatable bonds is 7. The molecule has 0 spiro atoms. The number of benzene rings is 1. The van der Waals surface area contributed by atoms with Crippen molar-refractivity contribution in [1.29, 1.82) is 0 Å². The summed E-state index contributed by atoms with van der Waals surface area (Å²) in [5, 5.41) is 0.746. The van der Waals surface area contributed by atoms with Crippen LogP contribution in [-0.2, 0) is 17.8 Å². The second kappa shape index (κ2) is 9.48. The number of thioether (sulfide) groups is 1. The van der Waals surface area contributed by atoms with Crippen LogP contribution in [0.5, 0.6) is 0 Å². The first-order valence-corrected chi connectivity index (χ1v) is 12.3. The standard InChI is InChI=1S/C25H28N4O2S/c1-30-28-22-9-7-17-14-18(6-8-20(17)22)21-15-19(16-29-12-4-3-5-13-29)31-24(21)23-10-11-26-25(27-23)32-2/h6,8-11,14-15,28H,3-5,7,12-13,16H2,1-2H3. The van der Waals surface area contributed by atoms with Gasteiger partial charge in [0.05, 0.1) is 19.4 Å². The van der Waals surface area contributed by atoms with Crippen LogP contribution >= 0.6 is 11.8 Å². The van der Waals surface area contributed by atoms with Gasteiger partial charge >= 0.3 is 0 Å². The van der Waals surface area contributed by atoms with E-state index in [1.165, 1.54) is 42.2 Å². The fourth-order valence-corrected chi connectivity index (χ4v) is 4.91. The van der Waals surface area contributed by atoms with Gasteiger partial charge in [0.15, 0.2) is 10.9 Å². The van der Waals surface area contributed by atoms with E-state index in [1.807, 2.05) is 12.3 Å². The third-order valence-electron chi connectivity index (χ3n) is 6.10. The first-order valence-electron chi connectivity index (χ1n) is 11.1. The number of likely N-dealkylation sites (tertiary alicyclic amines) is 1. The normalized spacial score (nSPS) is 16.1. The molecule has 1 aromatic carbocycles. The highest BCUT2D eigenvalue weighted by Gasteiger charge is 2.21. The molecule has 0 bridgehead atoms. The Balaban J connectivity index is 1.53. The first-order chi connectivity index (χ1) is 15.7. The molecule has 3 heterocycles. The van der Waals surface area contributed by atoms with E-state index >= 15 is 0 Å². The molecule has 0 saturated carbocycles. The third-order valence-corrected chi connectivity index (χ3v) is 6.67. The van der Waals surface area contributed by atoms with Crippen LogP contribution in [0, 0.1) is 0 Å². The van der Waals surface area contributed by atoms with Gasteiger partial charge in [-0.15, -0.1) is 0 Å². The number of furan rings is 1. The molecule has 0 atom stereocenters. The van der Waals surface area contributed by atoms with Crippen LogP contribution in [0.3, 0.4) is 0 Å². The maximum absolute atomic E-state index is 6.45. The maximum Gasteiger partial charge on any atom is 0.187 e. The zero-order valence-electron chi connectivity index (χ0n) is 18.6. The van der Waals surface area contributed by atoms with E-state index in [9.17, 15) is 0 Å². The third kappa shape index (κ3) is 4.33. The summed E-state index contributed by atoms with van der Waals surface area (Å²) in [7, 11) is 1.64. The molecule has 166 valence electrons. The van der Waals surface area contributed by atoms with Gasteiger partial charge in [0, 0.05) is 17.3 Å². The summed E-state index contributed by atoms with van der Waals surface area (Å²) in [5.41, 5.74) is 9.50. The number of hydrogen-bond acceptors (Lipinski definition) is 7. The van der Waals surface area contributed by atoms with Crippen LogP contribution in [-0.4, -0.2) is 41.3 Å². The monoisotopic (exact) mass is 448 g/mol. The minimum absolute atomic E-state index is 0.746. The Morgan fingerprint density at radius 2 is 2.00 bits per heavy atom. The molecule has 3 aromatic rings. The van der Waals surface area contributed by atoms with Crippen LogP contribution in [0.4, 0.5) is 0 Å². The van der Waals surface area contributed by atoms with Crippen molar-refractivity contribution in [3.05, 3.63) is 59.5 Å². The SMILES string of the molecule is CONC1=CCc2cc(-c3cc(CN4CCCCC4)oc3-c3ccnc(SC)n3)ccc21. The molecule has 2 aromatic heterocycles. The Morgan fingerprint density at radius 1 is 1.12 bits per heavy atom. The predicted octanol–water partition coefficient (Wildman–Crippen LogP) is 5.16. The largest absolute Gasteiger partial charge is 0.457 e. The lowest BCUT2D eigenvalue weighted by atomic mass is 9.99. The number of fused-ring (bicyclic) bond motifs is 1. The van der Waals surface area contributed by atoms with Gasteiger partial charge in [-0.05, 0) is 61.9 Å². The molecular weight excluding hydrogens is 420 g/mol. The Bertz CT molecular complexity index is 1130. The van der Waals surface area contributed by atoms with Crippen molar-refractivity contribution in [1.82, 2.24) is 20.3 Å². The summed E-state index contributed by atoms with van der Waals surface area (Å²) < 4.78 is 6.45. The van der Waals surface area contributed by atoms with E-state index in [1.54, 1.807) is 13.3 Å². The molecule has 0 amide bonds. The fourth-order valence-electron chi connectivity index (χ4n) is 4.55. The van der Waals surface area contributed by atoms with Crippen molar-refractivity contribution in [2.45, 2.75) is 37.4 Å². The highest BCUT2D eigenvalue weighted by molar-refractivity contribution is 7.98. The quantitative estimate of drug-likeness (QED) is 0.304. The molecule has 7 heteroatoms. The smallest absolute Gasteiger partial charge is 0.187 e. The molecule has 0 radical (unpaired) electrons. The van der Waals surface area contributed by atoms with Crippen LogP contribution in [0.2, 0.25) is 0 Å². The second-order valence-electron chi connectivity index (χ2n) is 8.22. The minimum atomic E-state index is 0.746. The van der Waals surface area contributed by atoms with Gasteiger partial charge in [0.1, 0.15) is 11.5 Å². The lowest BCUT2D eigenvalue weighted by molar-refractivity contribution is 0.137. The number of nitrogens with zero attached hydrogens (tertiary/aromatic N) is 3. The van der Waals surface area contributed by atoms with Gasteiger partial charge in [-0.3, -0.25) is 15.2 Å². The van der Waals surface area contributed by atoms with Crippen LogP contribution in [0.25, 0.3) is 28.3 Å². The summed E-state index contributed by atoms with van der Waals surface area (Å²) in [4.78, 5) is 16.7. The number of hydroxylamine groups is 1. The topological polar surface area (TPSA) is 63.4 Å². The van der Waals surface area contributed by atoms with Crippen molar-refractivity contribution in [2.75, 3.05) is 26.5 Å². The van der Waals surface area contributed by atoms with E-state index < -0.39 is 0 Å². The first kappa shape index (κ1) is 21.2. The summed E-state index contributed by atoms with van der Waals surface area (Å²) in [5.74, 6) is 1.80. The van der Waals surface area contributed by atoms with Gasteiger partial charge in [-0.25, -0.2) is 9.97 Å². The molecule has 1 N–H and O–H groups in total. The lowest BCUT2D eigenvalue weighted by Crippen LogP contribution is -2.28. The van der Waals surface area contributed by atoms with Crippen LogP contribution in [0.15, 0.2) is 52.2 Å². The van der Waals surface area contributed by atoms with E-state index in [-0.39, 0.29) is 0 Å². The average Bonchev–Trinajstić information content (AvgIpc) is 3.44. The zero-order chi connectivity index (χ0) is 21.9. The van der Waals surface area contributed by atoms with Crippen molar-refractivity contribution >= 4 is 17.5 Å². The lowest BCUT2D eigenvalue weighted by Gasteiger charge is -2.25. The molecule has 1 aliphatic carbocycles. The zero-order valence-corrected chi connectivity index (χ0v) is 19.4. The Labute approximate surface area is 193 Å². The second-order valence-corrected chi connectivity index (χ2v) is 8.99. The molecule has 5 rings (SSSR count). The minimum Gasteiger partial charge on any atom is -0.457 e. The van der Waals surface area contributed by atoms with Gasteiger partial charge in [0.2, 0.25) is 0 Å². The average molecular weight is 449 g/mol. The Kier molecular flexibility index (Phi) is 6.30. The highest BCUT2D eigenvalue weighted by atomic mass is 32.2. The van der Waals surface area contributed by atoms with Crippen molar-refractivity contribution < 1.29 is 9.25 Å². The van der Waals surface area contributed by atoms with Gasteiger partial charge in [-0.2, -0.15) is 0 Å². The van der Waals surface area contributed by atoms with E-state index in [0.717, 1.165) is 65.2 Å². The molecule has 2 aliphatic rings. The van der Waals surface area contributed by atoms with Gasteiger partial charge in [-0.1, -0.05) is 42.5 Å². The van der Waals surface area contributed by atoms with Gasteiger partial charge in [0.25, 0.3) is 0 Å². The summed E-state index contributed by atoms with van der Waals surface area (Å²) in [6.45, 7) is 3.10. The highest BCUT2D eigenvalue weighted by Crippen LogP contribution is 2.38. The van der Waals surface area contributed by atoms with Crippen molar-refractivity contribution in [3.63, 3.8) is 0 Å². The molecular formula is C25H28N4O2S. The maximum atomic E-state index is 6.45. The van der Waals surface area contributed by atoms with Gasteiger partial charge < -0.3 is 4.42 Å². The fraction of sp³-hybridized carbons (Fsp3) is 0.360. The molecule has 32 heavy (non-hydrogen) atoms. The Morgan fingerprint density at radius 3 is 2.81 bits per heavy atom. The molecule has 1 aliphatic heterocycles. The number of aromatic nitrogens is 2. The van der Waals surface area contributed by atoms with E-state index in [2.05, 4.69) is 45.7 Å². The molecule has 6 nitrogen and oxygen atoms in total. The van der Waals surface area contributed by atoms with Crippen molar-refractivity contribution in [3.8, 4) is 22.6 Å². The van der Waals surface area contributed by atoms with E-state index in [4.69, 9.17) is 14.2 Å². The molecule has 1 fully saturated rings. The van der Waals surface area contributed by atoms with E-state index in [0.29, 0.717) is 0 Å². The predicted molar refractivity (Wildman–Crippen MR) is 128 cm³/mol. The Hall–Kier alpha value is -2.61. The number of allylic oxidation sites excluding steroid dienone is 1. The van der Waals surface area contributed by atoms with Crippen LogP contribution in [0.1, 0.15) is 36.1 Å².